The van der Waals surface area contributed by atoms with Crippen LogP contribution >= 0.6 is 15.9 Å². The van der Waals surface area contributed by atoms with E-state index in [4.69, 9.17) is 5.73 Å². The van der Waals surface area contributed by atoms with Crippen molar-refractivity contribution in [3.05, 3.63) is 87.0 Å². The van der Waals surface area contributed by atoms with Crippen LogP contribution in [0.3, 0.4) is 0 Å². The Morgan fingerprint density at radius 1 is 1.13 bits per heavy atom. The summed E-state index contributed by atoms with van der Waals surface area (Å²) in [5, 5.41) is 10.0. The summed E-state index contributed by atoms with van der Waals surface area (Å²) in [5.41, 5.74) is 9.48. The first kappa shape index (κ1) is 20.4. The number of anilines is 1. The Labute approximate surface area is 183 Å². The fourth-order valence-corrected chi connectivity index (χ4v) is 4.65. The van der Waals surface area contributed by atoms with Crippen molar-refractivity contribution in [1.29, 1.82) is 5.26 Å². The van der Waals surface area contributed by atoms with Gasteiger partial charge in [0, 0.05) is 27.9 Å². The van der Waals surface area contributed by atoms with Gasteiger partial charge in [-0.15, -0.1) is 0 Å². The summed E-state index contributed by atoms with van der Waals surface area (Å²) >= 11 is 3.44. The highest BCUT2D eigenvalue weighted by Gasteiger charge is 2.44. The third kappa shape index (κ3) is 3.44. The smallest absolute Gasteiger partial charge is 0.162 e. The third-order valence-corrected chi connectivity index (χ3v) is 6.20. The molecule has 4 rings (SSSR count). The molecule has 0 saturated heterocycles. The van der Waals surface area contributed by atoms with E-state index in [0.29, 0.717) is 29.7 Å². The van der Waals surface area contributed by atoms with Crippen LogP contribution < -0.4 is 10.6 Å². The number of allylic oxidation sites excluding steroid dienone is 3. The number of nitriles is 1. The number of nitrogens with two attached hydrogens (primary N) is 1. The average molecular weight is 466 g/mol. The number of hydrogen-bond donors (Lipinski definition) is 1. The number of rotatable bonds is 2. The Balaban J connectivity index is 1.98. The third-order valence-electron chi connectivity index (χ3n) is 5.67. The van der Waals surface area contributed by atoms with Crippen LogP contribution in [0.1, 0.15) is 38.2 Å². The summed E-state index contributed by atoms with van der Waals surface area (Å²) in [5.74, 6) is -0.581. The molecule has 1 aliphatic carbocycles. The Bertz CT molecular complexity index is 1120. The van der Waals surface area contributed by atoms with Gasteiger partial charge in [-0.2, -0.15) is 5.26 Å². The predicted molar refractivity (Wildman–Crippen MR) is 118 cm³/mol. The van der Waals surface area contributed by atoms with E-state index >= 15 is 0 Å². The van der Waals surface area contributed by atoms with Crippen molar-refractivity contribution in [2.24, 2.45) is 11.1 Å². The lowest BCUT2D eigenvalue weighted by Crippen LogP contribution is -2.42. The maximum absolute atomic E-state index is 13.5. The molecule has 1 heterocycles. The zero-order valence-corrected chi connectivity index (χ0v) is 18.3. The maximum atomic E-state index is 13.5. The molecule has 4 nitrogen and oxygen atoms in total. The monoisotopic (exact) mass is 465 g/mol. The van der Waals surface area contributed by atoms with Crippen LogP contribution in [0.25, 0.3) is 0 Å². The van der Waals surface area contributed by atoms with Crippen LogP contribution in [0.5, 0.6) is 0 Å². The van der Waals surface area contributed by atoms with Gasteiger partial charge in [0.15, 0.2) is 5.78 Å². The SMILES string of the molecule is CC1(C)CC(=O)C2=C(C1)N(c1ccc(F)cc1)C(N)=C(C#N)C2c1ccc(Br)cc1. The topological polar surface area (TPSA) is 70.1 Å². The van der Waals surface area contributed by atoms with E-state index in [1.54, 1.807) is 17.0 Å². The Hall–Kier alpha value is -2.91. The number of benzene rings is 2. The van der Waals surface area contributed by atoms with Gasteiger partial charge in [-0.1, -0.05) is 41.9 Å². The molecule has 0 saturated carbocycles. The largest absolute Gasteiger partial charge is 0.384 e. The fraction of sp³-hybridized carbons (Fsp3) is 0.250. The molecule has 2 aromatic rings. The number of Topliss-reactive ketones (excluding diaryl/α,β-unsaturated/α-hetero) is 1. The van der Waals surface area contributed by atoms with E-state index < -0.39 is 5.92 Å². The summed E-state index contributed by atoms with van der Waals surface area (Å²) in [6, 6.07) is 15.8. The molecule has 0 fully saturated rings. The number of carbonyl (C=O) groups is 1. The number of nitrogens with zero attached hydrogens (tertiary/aromatic N) is 2. The standard InChI is InChI=1S/C24H21BrFN3O/c1-24(2)11-19-22(20(30)12-24)21(14-3-5-15(25)6-4-14)18(13-27)23(28)29(19)17-9-7-16(26)8-10-17/h3-10,21H,11-12,28H2,1-2H3. The Kier molecular flexibility index (Phi) is 5.03. The minimum absolute atomic E-state index is 0.0153. The first-order chi connectivity index (χ1) is 14.2. The van der Waals surface area contributed by atoms with Gasteiger partial charge >= 0.3 is 0 Å². The van der Waals surface area contributed by atoms with Crippen LogP contribution in [0, 0.1) is 22.6 Å². The van der Waals surface area contributed by atoms with Gasteiger partial charge in [-0.25, -0.2) is 4.39 Å². The van der Waals surface area contributed by atoms with Crippen LogP contribution in [0.15, 0.2) is 75.7 Å². The van der Waals surface area contributed by atoms with E-state index in [-0.39, 0.29) is 22.8 Å². The van der Waals surface area contributed by atoms with Gasteiger partial charge in [0.1, 0.15) is 11.6 Å². The molecule has 2 aliphatic rings. The normalized spacial score (nSPS) is 20.8. The summed E-state index contributed by atoms with van der Waals surface area (Å²) in [4.78, 5) is 15.1. The van der Waals surface area contributed by atoms with Gasteiger partial charge in [0.05, 0.1) is 17.6 Å². The van der Waals surface area contributed by atoms with E-state index in [1.807, 2.05) is 38.1 Å². The van der Waals surface area contributed by atoms with Crippen molar-refractivity contribution in [3.8, 4) is 6.07 Å². The summed E-state index contributed by atoms with van der Waals surface area (Å²) in [6.45, 7) is 4.09. The highest BCUT2D eigenvalue weighted by Crippen LogP contribution is 2.50. The molecule has 152 valence electrons. The zero-order chi connectivity index (χ0) is 21.6. The highest BCUT2D eigenvalue weighted by molar-refractivity contribution is 9.10. The molecule has 0 radical (unpaired) electrons. The van der Waals surface area contributed by atoms with Crippen molar-refractivity contribution in [2.45, 2.75) is 32.6 Å². The second kappa shape index (κ2) is 7.41. The molecular formula is C24H21BrFN3O. The predicted octanol–water partition coefficient (Wildman–Crippen LogP) is 5.53. The molecule has 0 bridgehead atoms. The van der Waals surface area contributed by atoms with Crippen molar-refractivity contribution in [2.75, 3.05) is 4.90 Å². The number of ketones is 1. The molecule has 0 amide bonds. The van der Waals surface area contributed by atoms with Crippen LogP contribution in [-0.4, -0.2) is 5.78 Å². The second-order valence-electron chi connectivity index (χ2n) is 8.51. The van der Waals surface area contributed by atoms with E-state index in [2.05, 4.69) is 22.0 Å². The lowest BCUT2D eigenvalue weighted by atomic mass is 9.68. The minimum Gasteiger partial charge on any atom is -0.384 e. The number of halogens is 2. The number of carbonyl (C=O) groups excluding carboxylic acids is 1. The first-order valence-corrected chi connectivity index (χ1v) is 10.5. The molecule has 30 heavy (non-hydrogen) atoms. The van der Waals surface area contributed by atoms with Crippen LogP contribution in [-0.2, 0) is 4.79 Å². The molecule has 2 aromatic carbocycles. The van der Waals surface area contributed by atoms with Crippen LogP contribution in [0.4, 0.5) is 10.1 Å². The average Bonchev–Trinajstić information content (AvgIpc) is 2.68. The molecular weight excluding hydrogens is 445 g/mol. The molecule has 1 atom stereocenters. The summed E-state index contributed by atoms with van der Waals surface area (Å²) in [6.07, 6.45) is 1.02. The lowest BCUT2D eigenvalue weighted by molar-refractivity contribution is -0.118. The molecule has 2 N–H and O–H groups in total. The zero-order valence-electron chi connectivity index (χ0n) is 16.7. The maximum Gasteiger partial charge on any atom is 0.162 e. The summed E-state index contributed by atoms with van der Waals surface area (Å²) < 4.78 is 14.5. The van der Waals surface area contributed by atoms with Crippen molar-refractivity contribution >= 4 is 27.4 Å². The molecule has 1 aliphatic heterocycles. The first-order valence-electron chi connectivity index (χ1n) is 9.69. The quantitative estimate of drug-likeness (QED) is 0.632. The van der Waals surface area contributed by atoms with Gasteiger partial charge in [-0.05, 0) is 53.8 Å². The van der Waals surface area contributed by atoms with Crippen molar-refractivity contribution < 1.29 is 9.18 Å². The van der Waals surface area contributed by atoms with E-state index in [9.17, 15) is 14.4 Å². The van der Waals surface area contributed by atoms with Gasteiger partial charge in [0.2, 0.25) is 0 Å². The van der Waals surface area contributed by atoms with E-state index in [0.717, 1.165) is 15.7 Å². The van der Waals surface area contributed by atoms with Gasteiger partial charge in [-0.3, -0.25) is 9.69 Å². The highest BCUT2D eigenvalue weighted by atomic mass is 79.9. The van der Waals surface area contributed by atoms with Crippen LogP contribution in [0.2, 0.25) is 0 Å². The minimum atomic E-state index is -0.515. The van der Waals surface area contributed by atoms with E-state index in [1.165, 1.54) is 12.1 Å². The summed E-state index contributed by atoms with van der Waals surface area (Å²) in [7, 11) is 0. The molecule has 6 heteroatoms. The van der Waals surface area contributed by atoms with Gasteiger partial charge in [0.25, 0.3) is 0 Å². The Morgan fingerprint density at radius 3 is 2.37 bits per heavy atom. The number of hydrogen-bond acceptors (Lipinski definition) is 4. The lowest BCUT2D eigenvalue weighted by Gasteiger charge is -2.43. The van der Waals surface area contributed by atoms with Gasteiger partial charge < -0.3 is 5.73 Å². The molecule has 0 aromatic heterocycles. The second-order valence-corrected chi connectivity index (χ2v) is 9.42. The molecule has 1 unspecified atom stereocenters. The fourth-order valence-electron chi connectivity index (χ4n) is 4.38. The van der Waals surface area contributed by atoms with Crippen molar-refractivity contribution in [3.63, 3.8) is 0 Å². The Morgan fingerprint density at radius 2 is 1.77 bits per heavy atom. The molecule has 0 spiro atoms. The van der Waals surface area contributed by atoms with Crippen molar-refractivity contribution in [1.82, 2.24) is 0 Å².